The molecule has 0 spiro atoms. The predicted octanol–water partition coefficient (Wildman–Crippen LogP) is 2.19. The van der Waals surface area contributed by atoms with E-state index in [1.165, 1.54) is 6.33 Å². The van der Waals surface area contributed by atoms with Gasteiger partial charge in [0, 0.05) is 24.0 Å². The van der Waals surface area contributed by atoms with Crippen LogP contribution in [0.15, 0.2) is 30.9 Å². The summed E-state index contributed by atoms with van der Waals surface area (Å²) in [5.41, 5.74) is 0.214. The van der Waals surface area contributed by atoms with Gasteiger partial charge in [-0.2, -0.15) is 4.68 Å². The van der Waals surface area contributed by atoms with Crippen molar-refractivity contribution >= 4 is 11.9 Å². The Labute approximate surface area is 161 Å². The van der Waals surface area contributed by atoms with Crippen LogP contribution in [-0.2, 0) is 16.9 Å². The molecule has 2 atom stereocenters. The number of carbonyl (C=O) groups excluding carboxylic acids is 1. The number of nitro groups is 1. The summed E-state index contributed by atoms with van der Waals surface area (Å²) < 4.78 is 1.69. The van der Waals surface area contributed by atoms with Crippen molar-refractivity contribution in [2.75, 3.05) is 0 Å². The van der Waals surface area contributed by atoms with Crippen molar-refractivity contribution in [3.05, 3.63) is 46.5 Å². The van der Waals surface area contributed by atoms with E-state index in [2.05, 4.69) is 20.4 Å². The first kappa shape index (κ1) is 17.3. The molecule has 1 amide bonds. The van der Waals surface area contributed by atoms with Crippen LogP contribution in [0.25, 0.3) is 0 Å². The van der Waals surface area contributed by atoms with Gasteiger partial charge in [0.25, 0.3) is 0 Å². The highest BCUT2D eigenvalue weighted by atomic mass is 16.6. The molecule has 0 saturated heterocycles. The third-order valence-corrected chi connectivity index (χ3v) is 6.82. The van der Waals surface area contributed by atoms with E-state index in [0.717, 1.165) is 37.7 Å². The van der Waals surface area contributed by atoms with Crippen LogP contribution in [0, 0.1) is 27.4 Å². The normalized spacial score (nSPS) is 33.0. The maximum atomic E-state index is 13.3. The molecule has 0 aliphatic heterocycles. The maximum absolute atomic E-state index is 13.3. The molecule has 4 aliphatic rings. The molecule has 2 heterocycles. The van der Waals surface area contributed by atoms with Crippen LogP contribution in [0.5, 0.6) is 0 Å². The summed E-state index contributed by atoms with van der Waals surface area (Å²) in [4.78, 5) is 31.7. The van der Waals surface area contributed by atoms with Gasteiger partial charge in [-0.3, -0.25) is 9.78 Å². The van der Waals surface area contributed by atoms with Crippen molar-refractivity contribution in [2.24, 2.45) is 17.3 Å². The zero-order valence-corrected chi connectivity index (χ0v) is 15.5. The van der Waals surface area contributed by atoms with Crippen molar-refractivity contribution in [3.8, 4) is 0 Å². The number of nitrogens with zero attached hydrogens (tertiary/aromatic N) is 5. The molecule has 1 N–H and O–H groups in total. The molecule has 4 aliphatic carbocycles. The molecule has 0 aromatic carbocycles. The Morgan fingerprint density at radius 2 is 2.11 bits per heavy atom. The molecule has 9 nitrogen and oxygen atoms in total. The van der Waals surface area contributed by atoms with Crippen LogP contribution in [0.1, 0.15) is 44.1 Å². The number of amides is 1. The molecule has 4 saturated carbocycles. The van der Waals surface area contributed by atoms with Crippen LogP contribution < -0.4 is 5.32 Å². The second kappa shape index (κ2) is 6.08. The average Bonchev–Trinajstić information content (AvgIpc) is 3.17. The van der Waals surface area contributed by atoms with Gasteiger partial charge in [-0.15, -0.1) is 0 Å². The second-order valence-corrected chi connectivity index (χ2v) is 8.76. The lowest BCUT2D eigenvalue weighted by Crippen LogP contribution is -2.61. The van der Waals surface area contributed by atoms with E-state index in [9.17, 15) is 14.9 Å². The van der Waals surface area contributed by atoms with Gasteiger partial charge in [-0.05, 0) is 66.9 Å². The zero-order valence-electron chi connectivity index (χ0n) is 15.5. The fourth-order valence-electron chi connectivity index (χ4n) is 6.19. The summed E-state index contributed by atoms with van der Waals surface area (Å²) in [5, 5.41) is 18.3. The number of pyridine rings is 1. The van der Waals surface area contributed by atoms with Gasteiger partial charge in [0.05, 0.1) is 11.0 Å². The van der Waals surface area contributed by atoms with E-state index in [1.807, 2.05) is 12.1 Å². The Morgan fingerprint density at radius 1 is 1.32 bits per heavy atom. The molecular formula is C19H22N6O3. The molecule has 4 bridgehead atoms. The van der Waals surface area contributed by atoms with Crippen LogP contribution in [0.4, 0.5) is 5.95 Å². The number of rotatable bonds is 5. The molecular weight excluding hydrogens is 360 g/mol. The number of hydrogen-bond donors (Lipinski definition) is 1. The van der Waals surface area contributed by atoms with Gasteiger partial charge in [0.1, 0.15) is 0 Å². The monoisotopic (exact) mass is 382 g/mol. The summed E-state index contributed by atoms with van der Waals surface area (Å²) in [5.74, 6) is 0.623. The molecule has 4 fully saturated rings. The van der Waals surface area contributed by atoms with Crippen LogP contribution in [0.2, 0.25) is 0 Å². The highest BCUT2D eigenvalue weighted by Crippen LogP contribution is 2.64. The van der Waals surface area contributed by atoms with E-state index >= 15 is 0 Å². The van der Waals surface area contributed by atoms with Gasteiger partial charge in [-0.25, -0.2) is 0 Å². The van der Waals surface area contributed by atoms with E-state index in [4.69, 9.17) is 0 Å². The minimum Gasteiger partial charge on any atom is -0.390 e. The van der Waals surface area contributed by atoms with Crippen LogP contribution >= 0.6 is 0 Å². The lowest BCUT2D eigenvalue weighted by Gasteiger charge is -2.60. The molecule has 2 aromatic heterocycles. The number of hydrogen-bond acceptors (Lipinski definition) is 6. The summed E-state index contributed by atoms with van der Waals surface area (Å²) in [6.45, 7) is 0.464. The summed E-state index contributed by atoms with van der Waals surface area (Å²) in [7, 11) is 0. The third-order valence-electron chi connectivity index (χ3n) is 6.82. The number of nitrogens with one attached hydrogen (secondary N) is 1. The molecule has 2 aromatic rings. The molecule has 9 heteroatoms. The molecule has 0 radical (unpaired) electrons. The minimum atomic E-state index is -0.562. The number of aromatic nitrogens is 4. The summed E-state index contributed by atoms with van der Waals surface area (Å²) >= 11 is 0. The molecule has 28 heavy (non-hydrogen) atoms. The minimum absolute atomic E-state index is 0.0874. The molecule has 146 valence electrons. The number of carbonyl (C=O) groups is 1. The van der Waals surface area contributed by atoms with E-state index < -0.39 is 10.3 Å². The fourth-order valence-corrected chi connectivity index (χ4v) is 6.19. The van der Waals surface area contributed by atoms with E-state index in [-0.39, 0.29) is 17.4 Å². The first-order valence-corrected chi connectivity index (χ1v) is 9.72. The lowest BCUT2D eigenvalue weighted by atomic mass is 9.46. The predicted molar refractivity (Wildman–Crippen MR) is 97.8 cm³/mol. The largest absolute Gasteiger partial charge is 0.490 e. The smallest absolute Gasteiger partial charge is 0.390 e. The molecule has 6 rings (SSSR count). The Morgan fingerprint density at radius 3 is 2.75 bits per heavy atom. The van der Waals surface area contributed by atoms with Crippen molar-refractivity contribution in [1.82, 2.24) is 25.1 Å². The topological polar surface area (TPSA) is 116 Å². The SMILES string of the molecule is O=C(NCc1cccnc1)C12C[C@H]3C[C@H](C1)CC(n1cnc([N+](=O)[O-])n1)(C3)C2. The highest BCUT2D eigenvalue weighted by molar-refractivity contribution is 5.83. The van der Waals surface area contributed by atoms with Crippen molar-refractivity contribution in [3.63, 3.8) is 0 Å². The second-order valence-electron chi connectivity index (χ2n) is 8.76. The van der Waals surface area contributed by atoms with Crippen molar-refractivity contribution < 1.29 is 9.72 Å². The Balaban J connectivity index is 1.41. The fraction of sp³-hybridized carbons (Fsp3) is 0.579. The van der Waals surface area contributed by atoms with Crippen LogP contribution in [-0.4, -0.2) is 30.6 Å². The summed E-state index contributed by atoms with van der Waals surface area (Å²) in [6.07, 6.45) is 10.4. The lowest BCUT2D eigenvalue weighted by molar-refractivity contribution is -0.394. The standard InChI is InChI=1S/C19H22N6O3/c26-16(21-10-13-2-1-3-20-9-13)18-5-14-4-15(6-18)8-19(7-14,11-18)24-12-22-17(23-24)25(27)28/h1-3,9,12,14-15H,4-8,10-11H2,(H,21,26)/t14-,15-,18?,19?/m1/s1. The summed E-state index contributed by atoms with van der Waals surface area (Å²) in [6, 6.07) is 3.81. The third kappa shape index (κ3) is 2.68. The van der Waals surface area contributed by atoms with Gasteiger partial charge in [-0.1, -0.05) is 11.1 Å². The quantitative estimate of drug-likeness (QED) is 0.626. The van der Waals surface area contributed by atoms with Gasteiger partial charge >= 0.3 is 5.95 Å². The first-order chi connectivity index (χ1) is 13.5. The van der Waals surface area contributed by atoms with E-state index in [0.29, 0.717) is 24.8 Å². The first-order valence-electron chi connectivity index (χ1n) is 9.72. The Kier molecular flexibility index (Phi) is 3.75. The van der Waals surface area contributed by atoms with Gasteiger partial charge in [0.15, 0.2) is 0 Å². The highest BCUT2D eigenvalue weighted by Gasteiger charge is 2.62. The molecule has 0 unspecified atom stereocenters. The Hall–Kier alpha value is -2.84. The van der Waals surface area contributed by atoms with Gasteiger partial charge in [0.2, 0.25) is 12.2 Å². The van der Waals surface area contributed by atoms with Crippen molar-refractivity contribution in [1.29, 1.82) is 0 Å². The maximum Gasteiger partial charge on any atom is 0.490 e. The van der Waals surface area contributed by atoms with Gasteiger partial charge < -0.3 is 15.4 Å². The zero-order chi connectivity index (χ0) is 19.4. The van der Waals surface area contributed by atoms with Crippen LogP contribution in [0.3, 0.4) is 0 Å². The average molecular weight is 382 g/mol. The Bertz CT molecular complexity index is 913. The van der Waals surface area contributed by atoms with Crippen molar-refractivity contribution in [2.45, 2.75) is 50.6 Å². The van der Waals surface area contributed by atoms with E-state index in [1.54, 1.807) is 17.1 Å².